The standard InChI is InChI=1S/C23H29N5O3/c1-13-6-7-14(8-13)11-25-23(31)19-10-15-9-18(15)28(19)20(29)12-27-17-5-3-2-4-16(17)21(26-27)22(24)30/h2-5,13-15,18-19H,6-12H2,1H3,(H2,24,30)(H,25,31)/t13-,14+,15-,18-,19+/m1/s1. The molecule has 8 nitrogen and oxygen atoms in total. The van der Waals surface area contributed by atoms with Gasteiger partial charge in [-0.1, -0.05) is 31.5 Å². The average Bonchev–Trinajstić information content (AvgIpc) is 3.08. The summed E-state index contributed by atoms with van der Waals surface area (Å²) in [5.41, 5.74) is 6.32. The van der Waals surface area contributed by atoms with Gasteiger partial charge in [0.2, 0.25) is 11.8 Å². The molecular formula is C23H29N5O3. The molecular weight excluding hydrogens is 394 g/mol. The van der Waals surface area contributed by atoms with Crippen LogP contribution in [0.15, 0.2) is 24.3 Å². The highest BCUT2D eigenvalue weighted by molar-refractivity contribution is 6.04. The number of hydrogen-bond donors (Lipinski definition) is 2. The first-order chi connectivity index (χ1) is 14.9. The maximum absolute atomic E-state index is 13.3. The van der Waals surface area contributed by atoms with Crippen LogP contribution in [0.4, 0.5) is 0 Å². The second-order valence-corrected chi connectivity index (χ2v) is 9.53. The number of nitrogens with two attached hydrogens (primary N) is 1. The first-order valence-corrected chi connectivity index (χ1v) is 11.3. The molecule has 1 saturated heterocycles. The van der Waals surface area contributed by atoms with Gasteiger partial charge in [-0.3, -0.25) is 19.1 Å². The second kappa shape index (κ2) is 7.66. The van der Waals surface area contributed by atoms with Gasteiger partial charge in [-0.05, 0) is 49.5 Å². The van der Waals surface area contributed by atoms with E-state index in [1.165, 1.54) is 11.1 Å². The molecule has 0 unspecified atom stereocenters. The first kappa shape index (κ1) is 20.0. The molecule has 2 aliphatic carbocycles. The summed E-state index contributed by atoms with van der Waals surface area (Å²) in [5.74, 6) is 0.896. The number of piperidine rings is 1. The van der Waals surface area contributed by atoms with Gasteiger partial charge in [-0.15, -0.1) is 0 Å². The minimum Gasteiger partial charge on any atom is -0.364 e. The SMILES string of the molecule is C[C@@H]1CC[C@H](CNC(=O)[C@@H]2C[C@H]3C[C@H]3N2C(=O)Cn2nc(C(N)=O)c3ccccc32)C1. The van der Waals surface area contributed by atoms with E-state index in [1.54, 1.807) is 11.0 Å². The van der Waals surface area contributed by atoms with Crippen molar-refractivity contribution in [3.8, 4) is 0 Å². The molecule has 8 heteroatoms. The van der Waals surface area contributed by atoms with Crippen molar-refractivity contribution >= 4 is 28.6 Å². The predicted octanol–water partition coefficient (Wildman–Crippen LogP) is 1.68. The molecule has 5 atom stereocenters. The molecule has 3 fully saturated rings. The Balaban J connectivity index is 1.30. The molecule has 3 aliphatic rings. The maximum Gasteiger partial charge on any atom is 0.269 e. The Morgan fingerprint density at radius 1 is 1.16 bits per heavy atom. The number of fused-ring (bicyclic) bond motifs is 2. The molecule has 2 heterocycles. The third-order valence-electron chi connectivity index (χ3n) is 7.24. The summed E-state index contributed by atoms with van der Waals surface area (Å²) in [6, 6.07) is 6.97. The molecule has 3 N–H and O–H groups in total. The third-order valence-corrected chi connectivity index (χ3v) is 7.24. The van der Waals surface area contributed by atoms with Crippen molar-refractivity contribution in [3.63, 3.8) is 0 Å². The van der Waals surface area contributed by atoms with E-state index in [9.17, 15) is 14.4 Å². The molecule has 31 heavy (non-hydrogen) atoms. The van der Waals surface area contributed by atoms with E-state index in [1.807, 2.05) is 18.2 Å². The number of primary amides is 1. The number of para-hydroxylation sites is 1. The van der Waals surface area contributed by atoms with Gasteiger partial charge in [0.15, 0.2) is 5.69 Å². The van der Waals surface area contributed by atoms with Crippen LogP contribution in [-0.2, 0) is 16.1 Å². The Morgan fingerprint density at radius 3 is 2.71 bits per heavy atom. The summed E-state index contributed by atoms with van der Waals surface area (Å²) < 4.78 is 1.53. The number of nitrogens with one attached hydrogen (secondary N) is 1. The molecule has 3 amide bonds. The number of carbonyl (C=O) groups is 3. The zero-order chi connectivity index (χ0) is 21.7. The van der Waals surface area contributed by atoms with Crippen LogP contribution in [-0.4, -0.2) is 51.0 Å². The van der Waals surface area contributed by atoms with Gasteiger partial charge < -0.3 is 16.0 Å². The number of rotatable bonds is 6. The Kier molecular flexibility index (Phi) is 4.95. The van der Waals surface area contributed by atoms with Crippen molar-refractivity contribution in [2.24, 2.45) is 23.5 Å². The van der Waals surface area contributed by atoms with E-state index >= 15 is 0 Å². The molecule has 164 valence electrons. The predicted molar refractivity (Wildman–Crippen MR) is 115 cm³/mol. The van der Waals surface area contributed by atoms with Crippen LogP contribution < -0.4 is 11.1 Å². The van der Waals surface area contributed by atoms with Crippen molar-refractivity contribution in [2.75, 3.05) is 6.54 Å². The van der Waals surface area contributed by atoms with E-state index in [0.717, 1.165) is 31.6 Å². The van der Waals surface area contributed by atoms with Gasteiger partial charge in [0.25, 0.3) is 5.91 Å². The average molecular weight is 424 g/mol. The van der Waals surface area contributed by atoms with E-state index in [4.69, 9.17) is 5.73 Å². The Morgan fingerprint density at radius 2 is 1.97 bits per heavy atom. The number of nitrogens with zero attached hydrogens (tertiary/aromatic N) is 3. The Hall–Kier alpha value is -2.90. The molecule has 0 spiro atoms. The topological polar surface area (TPSA) is 110 Å². The van der Waals surface area contributed by atoms with Crippen LogP contribution in [0, 0.1) is 17.8 Å². The molecule has 1 aliphatic heterocycles. The fourth-order valence-corrected chi connectivity index (χ4v) is 5.56. The fourth-order valence-electron chi connectivity index (χ4n) is 5.56. The number of amides is 3. The largest absolute Gasteiger partial charge is 0.364 e. The molecule has 0 radical (unpaired) electrons. The van der Waals surface area contributed by atoms with Crippen molar-refractivity contribution in [3.05, 3.63) is 30.0 Å². The lowest BCUT2D eigenvalue weighted by Crippen LogP contribution is -2.49. The lowest BCUT2D eigenvalue weighted by molar-refractivity contribution is -0.140. The molecule has 1 aromatic carbocycles. The number of carbonyl (C=O) groups excluding carboxylic acids is 3. The lowest BCUT2D eigenvalue weighted by Gasteiger charge is -2.27. The zero-order valence-corrected chi connectivity index (χ0v) is 17.8. The molecule has 5 rings (SSSR count). The van der Waals surface area contributed by atoms with Crippen LogP contribution in [0.3, 0.4) is 0 Å². The number of hydrogen-bond acceptors (Lipinski definition) is 4. The van der Waals surface area contributed by atoms with E-state index in [0.29, 0.717) is 29.3 Å². The smallest absolute Gasteiger partial charge is 0.269 e. The van der Waals surface area contributed by atoms with E-state index in [-0.39, 0.29) is 30.1 Å². The Labute approximate surface area is 181 Å². The van der Waals surface area contributed by atoms with Crippen LogP contribution in [0.2, 0.25) is 0 Å². The quantitative estimate of drug-likeness (QED) is 0.736. The summed E-state index contributed by atoms with van der Waals surface area (Å²) in [7, 11) is 0. The van der Waals surface area contributed by atoms with Crippen molar-refractivity contribution in [1.29, 1.82) is 0 Å². The number of likely N-dealkylation sites (tertiary alicyclic amines) is 1. The third kappa shape index (κ3) is 3.68. The number of aromatic nitrogens is 2. The van der Waals surface area contributed by atoms with E-state index in [2.05, 4.69) is 17.3 Å². The van der Waals surface area contributed by atoms with Crippen molar-refractivity contribution in [2.45, 2.75) is 57.7 Å². The van der Waals surface area contributed by atoms with Crippen LogP contribution in [0.25, 0.3) is 10.9 Å². The highest BCUT2D eigenvalue weighted by Crippen LogP contribution is 2.48. The molecule has 2 aromatic rings. The molecule has 0 bridgehead atoms. The monoisotopic (exact) mass is 423 g/mol. The van der Waals surface area contributed by atoms with Crippen LogP contribution >= 0.6 is 0 Å². The minimum atomic E-state index is -0.621. The van der Waals surface area contributed by atoms with Crippen molar-refractivity contribution in [1.82, 2.24) is 20.0 Å². The van der Waals surface area contributed by atoms with Crippen LogP contribution in [0.1, 0.15) is 49.5 Å². The molecule has 1 aromatic heterocycles. The van der Waals surface area contributed by atoms with Gasteiger partial charge in [0.1, 0.15) is 12.6 Å². The normalized spacial score (nSPS) is 29.2. The van der Waals surface area contributed by atoms with Gasteiger partial charge >= 0.3 is 0 Å². The van der Waals surface area contributed by atoms with Gasteiger partial charge in [-0.25, -0.2) is 0 Å². The summed E-state index contributed by atoms with van der Waals surface area (Å²) in [6.45, 7) is 2.94. The highest BCUT2D eigenvalue weighted by Gasteiger charge is 2.56. The fraction of sp³-hybridized carbons (Fsp3) is 0.565. The lowest BCUT2D eigenvalue weighted by atomic mass is 10.1. The molecule has 2 saturated carbocycles. The van der Waals surface area contributed by atoms with Crippen LogP contribution in [0.5, 0.6) is 0 Å². The van der Waals surface area contributed by atoms with Crippen molar-refractivity contribution < 1.29 is 14.4 Å². The van der Waals surface area contributed by atoms with Gasteiger partial charge in [0, 0.05) is 18.0 Å². The van der Waals surface area contributed by atoms with Gasteiger partial charge in [-0.2, -0.15) is 5.10 Å². The van der Waals surface area contributed by atoms with E-state index < -0.39 is 11.9 Å². The van der Waals surface area contributed by atoms with Gasteiger partial charge in [0.05, 0.1) is 5.52 Å². The summed E-state index contributed by atoms with van der Waals surface area (Å²) >= 11 is 0. The summed E-state index contributed by atoms with van der Waals surface area (Å²) in [4.78, 5) is 39.7. The first-order valence-electron chi connectivity index (χ1n) is 11.3. The zero-order valence-electron chi connectivity index (χ0n) is 17.8. The Bertz CT molecular complexity index is 1050. The maximum atomic E-state index is 13.3. The summed E-state index contributed by atoms with van der Waals surface area (Å²) in [6.07, 6.45) is 5.24. The number of benzene rings is 1. The summed E-state index contributed by atoms with van der Waals surface area (Å²) in [5, 5.41) is 8.04. The highest BCUT2D eigenvalue weighted by atomic mass is 16.2. The second-order valence-electron chi connectivity index (χ2n) is 9.53. The minimum absolute atomic E-state index is 0.0130.